The summed E-state index contributed by atoms with van der Waals surface area (Å²) in [5, 5.41) is -0.194. The largest absolute Gasteiger partial charge is 0.370 e. The maximum Gasteiger partial charge on any atom is 0.224 e. The van der Waals surface area contributed by atoms with Gasteiger partial charge in [0.25, 0.3) is 0 Å². The van der Waals surface area contributed by atoms with Crippen molar-refractivity contribution in [2.75, 3.05) is 18.0 Å². The molecule has 3 nitrogen and oxygen atoms in total. The molecule has 0 unspecified atom stereocenters. The van der Waals surface area contributed by atoms with E-state index in [4.69, 9.17) is 11.6 Å². The Labute approximate surface area is 106 Å². The smallest absolute Gasteiger partial charge is 0.224 e. The Hall–Kier alpha value is -0.800. The monoisotopic (exact) mass is 260 g/mol. The number of carbonyl (C=O) groups excluding carboxylic acids is 1. The Morgan fingerprint density at radius 3 is 2.62 bits per heavy atom. The quantitative estimate of drug-likeness (QED) is 0.767. The van der Waals surface area contributed by atoms with Crippen molar-refractivity contribution < 1.29 is 4.79 Å². The first kappa shape index (κ1) is 13.3. The highest BCUT2D eigenvalue weighted by Gasteiger charge is 2.23. The second-order valence-corrected chi connectivity index (χ2v) is 4.15. The normalized spacial score (nSPS) is 16.7. The predicted octanol–water partition coefficient (Wildman–Crippen LogP) is 2.49. The van der Waals surface area contributed by atoms with Gasteiger partial charge in [0.15, 0.2) is 0 Å². The lowest BCUT2D eigenvalue weighted by molar-refractivity contribution is -0.115. The molecule has 1 aliphatic heterocycles. The molecule has 16 heavy (non-hydrogen) atoms. The Balaban J connectivity index is 0.00000128. The molecule has 1 saturated heterocycles. The van der Waals surface area contributed by atoms with Crippen molar-refractivity contribution in [2.45, 2.75) is 12.8 Å². The van der Waals surface area contributed by atoms with Crippen LogP contribution in [0.25, 0.3) is 0 Å². The van der Waals surface area contributed by atoms with Gasteiger partial charge in [-0.1, -0.05) is 0 Å². The molecule has 2 heterocycles. The number of halogens is 2. The van der Waals surface area contributed by atoms with Crippen LogP contribution in [0.1, 0.15) is 12.8 Å². The highest BCUT2D eigenvalue weighted by molar-refractivity contribution is 6.64. The molecule has 1 aliphatic rings. The molecular formula is C11H14Cl2N2O. The van der Waals surface area contributed by atoms with Crippen molar-refractivity contribution in [3.63, 3.8) is 0 Å². The highest BCUT2D eigenvalue weighted by atomic mass is 35.5. The van der Waals surface area contributed by atoms with Crippen molar-refractivity contribution in [1.29, 1.82) is 0 Å². The van der Waals surface area contributed by atoms with E-state index in [1.807, 2.05) is 18.3 Å². The van der Waals surface area contributed by atoms with E-state index < -0.39 is 0 Å². The van der Waals surface area contributed by atoms with Crippen LogP contribution in [0.3, 0.4) is 0 Å². The SMILES string of the molecule is Cl.O=C(Cl)C1CCN(c2cccnc2)CC1. The second-order valence-electron chi connectivity index (χ2n) is 3.78. The fourth-order valence-electron chi connectivity index (χ4n) is 1.91. The van der Waals surface area contributed by atoms with E-state index in [1.54, 1.807) is 6.20 Å². The third-order valence-corrected chi connectivity index (χ3v) is 3.14. The molecule has 0 N–H and O–H groups in total. The summed E-state index contributed by atoms with van der Waals surface area (Å²) in [7, 11) is 0. The summed E-state index contributed by atoms with van der Waals surface area (Å²) in [6, 6.07) is 3.96. The summed E-state index contributed by atoms with van der Waals surface area (Å²) in [4.78, 5) is 17.3. The minimum absolute atomic E-state index is 0. The summed E-state index contributed by atoms with van der Waals surface area (Å²) in [5.74, 6) is 0.0413. The van der Waals surface area contributed by atoms with Gasteiger partial charge in [-0.2, -0.15) is 0 Å². The standard InChI is InChI=1S/C11H13ClN2O.ClH/c12-11(15)9-3-6-14(7-4-9)10-2-1-5-13-8-10;/h1-2,5,8-9H,3-4,6-7H2;1H. The molecular weight excluding hydrogens is 247 g/mol. The van der Waals surface area contributed by atoms with Crippen LogP contribution >= 0.6 is 24.0 Å². The van der Waals surface area contributed by atoms with Crippen LogP contribution in [-0.2, 0) is 4.79 Å². The van der Waals surface area contributed by atoms with Crippen molar-refractivity contribution in [3.05, 3.63) is 24.5 Å². The summed E-state index contributed by atoms with van der Waals surface area (Å²) in [6.07, 6.45) is 5.30. The van der Waals surface area contributed by atoms with Crippen molar-refractivity contribution >= 4 is 34.9 Å². The number of aromatic nitrogens is 1. The summed E-state index contributed by atoms with van der Waals surface area (Å²) >= 11 is 5.48. The Bertz CT molecular complexity index is 337. The number of piperidine rings is 1. The molecule has 5 heteroatoms. The predicted molar refractivity (Wildman–Crippen MR) is 67.3 cm³/mol. The molecule has 1 fully saturated rings. The lowest BCUT2D eigenvalue weighted by Gasteiger charge is -2.31. The highest BCUT2D eigenvalue weighted by Crippen LogP contribution is 2.23. The lowest BCUT2D eigenvalue weighted by atomic mass is 9.98. The van der Waals surface area contributed by atoms with E-state index in [9.17, 15) is 4.79 Å². The van der Waals surface area contributed by atoms with E-state index in [0.717, 1.165) is 31.6 Å². The fraction of sp³-hybridized carbons (Fsp3) is 0.455. The van der Waals surface area contributed by atoms with Gasteiger partial charge in [0.05, 0.1) is 11.9 Å². The van der Waals surface area contributed by atoms with Gasteiger partial charge < -0.3 is 4.90 Å². The van der Waals surface area contributed by atoms with Crippen LogP contribution in [0.5, 0.6) is 0 Å². The van der Waals surface area contributed by atoms with Crippen LogP contribution in [0.2, 0.25) is 0 Å². The Kier molecular flexibility index (Phi) is 5.03. The maximum absolute atomic E-state index is 11.0. The molecule has 0 aromatic carbocycles. The van der Waals surface area contributed by atoms with Crippen LogP contribution in [0.15, 0.2) is 24.5 Å². The van der Waals surface area contributed by atoms with Crippen molar-refractivity contribution in [2.24, 2.45) is 5.92 Å². The van der Waals surface area contributed by atoms with Crippen molar-refractivity contribution in [1.82, 2.24) is 4.98 Å². The average molecular weight is 261 g/mol. The van der Waals surface area contributed by atoms with E-state index in [0.29, 0.717) is 0 Å². The number of hydrogen-bond acceptors (Lipinski definition) is 3. The lowest BCUT2D eigenvalue weighted by Crippen LogP contribution is -2.35. The Morgan fingerprint density at radius 1 is 1.44 bits per heavy atom. The van der Waals surface area contributed by atoms with Gasteiger partial charge >= 0.3 is 0 Å². The molecule has 1 aromatic rings. The van der Waals surface area contributed by atoms with Crippen LogP contribution in [0.4, 0.5) is 5.69 Å². The minimum Gasteiger partial charge on any atom is -0.370 e. The van der Waals surface area contributed by atoms with E-state index in [-0.39, 0.29) is 23.6 Å². The molecule has 0 spiro atoms. The zero-order valence-electron chi connectivity index (χ0n) is 8.80. The average Bonchev–Trinajstić information content (AvgIpc) is 2.30. The van der Waals surface area contributed by atoms with Gasteiger partial charge in [-0.15, -0.1) is 12.4 Å². The van der Waals surface area contributed by atoms with E-state index >= 15 is 0 Å². The number of anilines is 1. The molecule has 0 aliphatic carbocycles. The van der Waals surface area contributed by atoms with E-state index in [1.165, 1.54) is 0 Å². The van der Waals surface area contributed by atoms with Gasteiger partial charge in [-0.3, -0.25) is 9.78 Å². The molecule has 0 radical (unpaired) electrons. The summed E-state index contributed by atoms with van der Waals surface area (Å²) < 4.78 is 0. The molecule has 0 saturated carbocycles. The topological polar surface area (TPSA) is 33.2 Å². The maximum atomic E-state index is 11.0. The number of rotatable bonds is 2. The van der Waals surface area contributed by atoms with Gasteiger partial charge in [0, 0.05) is 25.2 Å². The molecule has 0 atom stereocenters. The molecule has 2 rings (SSSR count). The fourth-order valence-corrected chi connectivity index (χ4v) is 2.12. The van der Waals surface area contributed by atoms with E-state index in [2.05, 4.69) is 9.88 Å². The first-order valence-electron chi connectivity index (χ1n) is 5.11. The third-order valence-electron chi connectivity index (χ3n) is 2.83. The molecule has 88 valence electrons. The minimum atomic E-state index is -0.194. The van der Waals surface area contributed by atoms with Crippen LogP contribution in [0, 0.1) is 5.92 Å². The molecule has 1 aromatic heterocycles. The van der Waals surface area contributed by atoms with Gasteiger partial charge in [-0.25, -0.2) is 0 Å². The Morgan fingerprint density at radius 2 is 2.12 bits per heavy atom. The summed E-state index contributed by atoms with van der Waals surface area (Å²) in [6.45, 7) is 1.77. The van der Waals surface area contributed by atoms with Gasteiger partial charge in [0.2, 0.25) is 5.24 Å². The van der Waals surface area contributed by atoms with Crippen LogP contribution < -0.4 is 4.90 Å². The summed E-state index contributed by atoms with van der Waals surface area (Å²) in [5.41, 5.74) is 1.12. The first-order chi connectivity index (χ1) is 7.27. The third kappa shape index (κ3) is 3.09. The number of nitrogens with zero attached hydrogens (tertiary/aromatic N) is 2. The zero-order valence-corrected chi connectivity index (χ0v) is 10.4. The van der Waals surface area contributed by atoms with Crippen LogP contribution in [-0.4, -0.2) is 23.3 Å². The molecule has 0 amide bonds. The van der Waals surface area contributed by atoms with Gasteiger partial charge in [-0.05, 0) is 36.6 Å². The number of carbonyl (C=O) groups is 1. The van der Waals surface area contributed by atoms with Gasteiger partial charge in [0.1, 0.15) is 0 Å². The molecule has 0 bridgehead atoms. The number of hydrogen-bond donors (Lipinski definition) is 0. The number of pyridine rings is 1. The second kappa shape index (κ2) is 6.06. The zero-order chi connectivity index (χ0) is 10.7. The first-order valence-corrected chi connectivity index (χ1v) is 5.49. The van der Waals surface area contributed by atoms with Crippen molar-refractivity contribution in [3.8, 4) is 0 Å².